The molecule has 7 nitrogen and oxygen atoms in total. The summed E-state index contributed by atoms with van der Waals surface area (Å²) in [5.74, 6) is 0.349. The lowest BCUT2D eigenvalue weighted by Crippen LogP contribution is -2.26. The fourth-order valence-corrected chi connectivity index (χ4v) is 5.53. The Morgan fingerprint density at radius 1 is 0.880 bits per heavy atom. The fraction of sp³-hybridized carbons (Fsp3) is 0.512. The molecule has 0 spiro atoms. The predicted molar refractivity (Wildman–Crippen MR) is 216 cm³/mol. The van der Waals surface area contributed by atoms with Gasteiger partial charge in [0.1, 0.15) is 5.82 Å². The highest BCUT2D eigenvalue weighted by Crippen LogP contribution is 2.24. The van der Waals surface area contributed by atoms with Crippen molar-refractivity contribution in [3.8, 4) is 11.1 Å². The van der Waals surface area contributed by atoms with E-state index >= 15 is 0 Å². The van der Waals surface area contributed by atoms with Crippen LogP contribution in [-0.2, 0) is 17.9 Å². The molecular formula is C43H67N5O2. The molecule has 2 aliphatic rings. The molecule has 0 bridgehead atoms. The molecule has 2 aromatic carbocycles. The summed E-state index contributed by atoms with van der Waals surface area (Å²) in [6.45, 7) is 23.7. The molecule has 7 heteroatoms. The molecule has 1 saturated carbocycles. The molecule has 0 unspecified atom stereocenters. The molecule has 0 saturated heterocycles. The highest BCUT2D eigenvalue weighted by atomic mass is 16.5. The molecule has 1 aromatic heterocycles. The Balaban J connectivity index is 0.000000499. The first-order valence-electron chi connectivity index (χ1n) is 19.1. The minimum absolute atomic E-state index is 0.154. The topological polar surface area (TPSA) is 107 Å². The van der Waals surface area contributed by atoms with Crippen LogP contribution >= 0.6 is 0 Å². The lowest BCUT2D eigenvalue weighted by molar-refractivity contribution is 0.0457. The third-order valence-corrected chi connectivity index (χ3v) is 8.16. The van der Waals surface area contributed by atoms with E-state index in [1.807, 2.05) is 47.6 Å². The van der Waals surface area contributed by atoms with Gasteiger partial charge in [-0.25, -0.2) is 4.98 Å². The fourth-order valence-electron chi connectivity index (χ4n) is 5.53. The molecule has 1 fully saturated rings. The number of ether oxygens (including phenoxy) is 1. The number of rotatable bonds is 13. The number of allylic oxidation sites excluding steroid dienone is 1. The normalized spacial score (nSPS) is 13.2. The molecule has 1 aliphatic heterocycles. The van der Waals surface area contributed by atoms with Crippen LogP contribution in [0.25, 0.3) is 16.7 Å². The van der Waals surface area contributed by atoms with Gasteiger partial charge in [-0.05, 0) is 78.6 Å². The van der Waals surface area contributed by atoms with E-state index in [1.54, 1.807) is 18.5 Å². The average Bonchev–Trinajstić information content (AvgIpc) is 3.89. The maximum absolute atomic E-state index is 11.0. The lowest BCUT2D eigenvalue weighted by atomic mass is 10.0. The van der Waals surface area contributed by atoms with E-state index in [4.69, 9.17) is 16.2 Å². The van der Waals surface area contributed by atoms with Crippen LogP contribution in [0.1, 0.15) is 128 Å². The van der Waals surface area contributed by atoms with Gasteiger partial charge in [0.2, 0.25) is 0 Å². The van der Waals surface area contributed by atoms with Gasteiger partial charge in [0.15, 0.2) is 0 Å². The lowest BCUT2D eigenvalue weighted by Gasteiger charge is -2.23. The summed E-state index contributed by atoms with van der Waals surface area (Å²) in [6.07, 6.45) is 13.4. The summed E-state index contributed by atoms with van der Waals surface area (Å²) in [5.41, 5.74) is 17.9. The number of aliphatic imine (C=N–C) groups is 1. The van der Waals surface area contributed by atoms with Crippen molar-refractivity contribution in [3.63, 3.8) is 0 Å². The first-order valence-corrected chi connectivity index (χ1v) is 19.1. The number of primary amides is 1. The maximum atomic E-state index is 11.0. The molecule has 50 heavy (non-hydrogen) atoms. The van der Waals surface area contributed by atoms with E-state index in [9.17, 15) is 4.79 Å². The van der Waals surface area contributed by atoms with Gasteiger partial charge in [-0.3, -0.25) is 14.7 Å². The van der Waals surface area contributed by atoms with Crippen LogP contribution < -0.4 is 11.5 Å². The standard InChI is InChI=1S/C27H39NO.C10H10N4O.3C2H6/c1-4-18-28(19-17-22(2)3)20-23-9-13-25(14-10-23)26-15-11-24(12-16-26)21-29-27-7-5-6-8-27;11-9-8(10(12)15)3-7(5-14-9)6-1-2-13-4-6;3*1-2/h9-16,22,27H,4-8,17-21H2,1-3H3;1,3-5H,2H2,(H2,11,14)(H2,12,15);3*1-2H3. The molecule has 4 N–H and O–H groups in total. The van der Waals surface area contributed by atoms with Gasteiger partial charge in [-0.1, -0.05) is 130 Å². The van der Waals surface area contributed by atoms with Gasteiger partial charge >= 0.3 is 0 Å². The summed E-state index contributed by atoms with van der Waals surface area (Å²) in [4.78, 5) is 21.6. The number of aromatic nitrogens is 1. The van der Waals surface area contributed by atoms with E-state index < -0.39 is 5.91 Å². The number of carbonyl (C=O) groups excluding carboxylic acids is 1. The molecule has 2 heterocycles. The summed E-state index contributed by atoms with van der Waals surface area (Å²) >= 11 is 0. The van der Waals surface area contributed by atoms with Crippen LogP contribution in [0.4, 0.5) is 5.82 Å². The monoisotopic (exact) mass is 686 g/mol. The number of nitrogens with zero attached hydrogens (tertiary/aromatic N) is 3. The molecule has 0 radical (unpaired) electrons. The Bertz CT molecular complexity index is 1390. The summed E-state index contributed by atoms with van der Waals surface area (Å²) in [5, 5.41) is 0. The van der Waals surface area contributed by atoms with Crippen LogP contribution in [0.2, 0.25) is 0 Å². The minimum atomic E-state index is -0.572. The van der Waals surface area contributed by atoms with Crippen LogP contribution in [0, 0.1) is 5.92 Å². The van der Waals surface area contributed by atoms with Gasteiger partial charge < -0.3 is 16.2 Å². The molecule has 1 aliphatic carbocycles. The van der Waals surface area contributed by atoms with Gasteiger partial charge in [0.25, 0.3) is 5.91 Å². The summed E-state index contributed by atoms with van der Waals surface area (Å²) < 4.78 is 6.04. The van der Waals surface area contributed by atoms with Crippen molar-refractivity contribution in [1.82, 2.24) is 9.88 Å². The Hall–Kier alpha value is -3.81. The predicted octanol–water partition coefficient (Wildman–Crippen LogP) is 10.4. The zero-order valence-electron chi connectivity index (χ0n) is 32.7. The second kappa shape index (κ2) is 26.1. The van der Waals surface area contributed by atoms with Crippen molar-refractivity contribution in [2.75, 3.05) is 25.4 Å². The van der Waals surface area contributed by atoms with E-state index in [-0.39, 0.29) is 11.4 Å². The number of nitrogens with two attached hydrogens (primary N) is 2. The highest BCUT2D eigenvalue weighted by Gasteiger charge is 2.15. The number of hydrogen-bond acceptors (Lipinski definition) is 6. The van der Waals surface area contributed by atoms with Gasteiger partial charge in [0.05, 0.1) is 24.8 Å². The Kier molecular flexibility index (Phi) is 23.0. The van der Waals surface area contributed by atoms with Crippen molar-refractivity contribution < 1.29 is 9.53 Å². The first-order chi connectivity index (χ1) is 24.3. The number of carbonyl (C=O) groups is 1. The second-order valence-corrected chi connectivity index (χ2v) is 12.2. The van der Waals surface area contributed by atoms with Crippen molar-refractivity contribution >= 4 is 23.5 Å². The molecular weight excluding hydrogens is 619 g/mol. The number of amides is 1. The van der Waals surface area contributed by atoms with E-state index in [0.29, 0.717) is 12.6 Å². The SMILES string of the molecule is CC.CC.CC.CCCN(CCC(C)C)Cc1ccc(-c2ccc(COC3CCCC3)cc2)cc1.NC(=O)c1cc(C2=CCN=C2)cnc1N. The zero-order chi connectivity index (χ0) is 37.3. The third-order valence-electron chi connectivity index (χ3n) is 8.16. The molecule has 0 atom stereocenters. The van der Waals surface area contributed by atoms with E-state index in [0.717, 1.165) is 30.2 Å². The largest absolute Gasteiger partial charge is 0.383 e. The van der Waals surface area contributed by atoms with Gasteiger partial charge in [-0.2, -0.15) is 0 Å². The highest BCUT2D eigenvalue weighted by molar-refractivity contribution is 6.12. The van der Waals surface area contributed by atoms with E-state index in [2.05, 4.69) is 84.2 Å². The van der Waals surface area contributed by atoms with E-state index in [1.165, 1.54) is 73.9 Å². The maximum Gasteiger partial charge on any atom is 0.252 e. The van der Waals surface area contributed by atoms with Crippen molar-refractivity contribution in [1.29, 1.82) is 0 Å². The van der Waals surface area contributed by atoms with Crippen molar-refractivity contribution in [2.24, 2.45) is 16.6 Å². The van der Waals surface area contributed by atoms with Crippen molar-refractivity contribution in [3.05, 3.63) is 89.1 Å². The summed E-state index contributed by atoms with van der Waals surface area (Å²) in [6, 6.07) is 19.7. The quantitative estimate of drug-likeness (QED) is 0.186. The second-order valence-electron chi connectivity index (χ2n) is 12.2. The number of anilines is 1. The number of hydrogen-bond donors (Lipinski definition) is 2. The molecule has 276 valence electrons. The third kappa shape index (κ3) is 15.8. The van der Waals surface area contributed by atoms with Crippen molar-refractivity contribution in [2.45, 2.75) is 120 Å². The van der Waals surface area contributed by atoms with Crippen LogP contribution in [0.3, 0.4) is 0 Å². The number of pyridine rings is 1. The molecule has 3 aromatic rings. The Morgan fingerprint density at radius 3 is 1.96 bits per heavy atom. The Morgan fingerprint density at radius 2 is 1.46 bits per heavy atom. The average molecular weight is 686 g/mol. The van der Waals surface area contributed by atoms with Crippen LogP contribution in [0.5, 0.6) is 0 Å². The zero-order valence-corrected chi connectivity index (χ0v) is 32.7. The van der Waals surface area contributed by atoms with Crippen LogP contribution in [0.15, 0.2) is 71.9 Å². The number of benzene rings is 2. The van der Waals surface area contributed by atoms with Gasteiger partial charge in [0, 0.05) is 24.5 Å². The minimum Gasteiger partial charge on any atom is -0.383 e. The smallest absolute Gasteiger partial charge is 0.252 e. The van der Waals surface area contributed by atoms with Crippen LogP contribution in [-0.4, -0.2) is 47.7 Å². The van der Waals surface area contributed by atoms with Gasteiger partial charge in [-0.15, -0.1) is 0 Å². The molecule has 5 rings (SSSR count). The molecule has 1 amide bonds. The first kappa shape index (κ1) is 44.2. The Labute approximate surface area is 304 Å². The number of nitrogen functional groups attached to an aromatic ring is 1. The summed E-state index contributed by atoms with van der Waals surface area (Å²) in [7, 11) is 0.